The number of carbonyl (C=O) groups is 2. The van der Waals surface area contributed by atoms with Gasteiger partial charge < -0.3 is 9.47 Å². The van der Waals surface area contributed by atoms with Crippen LogP contribution in [0.15, 0.2) is 48.5 Å². The number of ether oxygens (including phenoxy) is 2. The van der Waals surface area contributed by atoms with Crippen molar-refractivity contribution in [1.29, 1.82) is 0 Å². The van der Waals surface area contributed by atoms with E-state index >= 15 is 0 Å². The number of methoxy groups -OCH3 is 1. The lowest BCUT2D eigenvalue weighted by molar-refractivity contribution is -0.129. The van der Waals surface area contributed by atoms with Crippen LogP contribution in [0.25, 0.3) is 0 Å². The summed E-state index contributed by atoms with van der Waals surface area (Å²) in [4.78, 5) is 26.5. The molecule has 2 atom stereocenters. The Kier molecular flexibility index (Phi) is 4.84. The van der Waals surface area contributed by atoms with Crippen molar-refractivity contribution < 1.29 is 19.1 Å². The van der Waals surface area contributed by atoms with Gasteiger partial charge in [-0.05, 0) is 54.0 Å². The second kappa shape index (κ2) is 7.43. The highest BCUT2D eigenvalue weighted by Gasteiger charge is 2.39. The number of cyclic esters (lactones) is 1. The average Bonchev–Trinajstić information content (AvgIpc) is 3.25. The first-order valence-corrected chi connectivity index (χ1v) is 9.35. The van der Waals surface area contributed by atoms with Gasteiger partial charge in [-0.25, -0.2) is 9.69 Å². The van der Waals surface area contributed by atoms with Crippen LogP contribution in [-0.4, -0.2) is 36.7 Å². The highest BCUT2D eigenvalue weighted by molar-refractivity contribution is 5.94. The van der Waals surface area contributed by atoms with E-state index < -0.39 is 6.09 Å². The summed E-state index contributed by atoms with van der Waals surface area (Å²) >= 11 is 0. The Bertz CT molecular complexity index is 849. The van der Waals surface area contributed by atoms with Gasteiger partial charge in [-0.1, -0.05) is 36.4 Å². The number of fused-ring (bicyclic) bond motifs is 1. The van der Waals surface area contributed by atoms with Crippen LogP contribution in [0.1, 0.15) is 35.4 Å². The fraction of sp³-hybridized carbons (Fsp3) is 0.364. The number of rotatable bonds is 5. The molecule has 2 aromatic carbocycles. The second-order valence-electron chi connectivity index (χ2n) is 7.19. The molecule has 5 heteroatoms. The number of nitrogens with zero attached hydrogens (tertiary/aromatic N) is 1. The second-order valence-corrected chi connectivity index (χ2v) is 7.19. The summed E-state index contributed by atoms with van der Waals surface area (Å²) in [5.41, 5.74) is 3.52. The highest BCUT2D eigenvalue weighted by atomic mass is 16.6. The minimum absolute atomic E-state index is 0.143. The van der Waals surface area contributed by atoms with Crippen molar-refractivity contribution in [3.63, 3.8) is 0 Å². The van der Waals surface area contributed by atoms with Gasteiger partial charge in [0.05, 0.1) is 13.2 Å². The summed E-state index contributed by atoms with van der Waals surface area (Å²) in [6.45, 7) is 0.262. The molecular formula is C22H23NO4. The quantitative estimate of drug-likeness (QED) is 0.811. The Hall–Kier alpha value is -2.82. The lowest BCUT2D eigenvalue weighted by atomic mass is 9.96. The number of aryl methyl sites for hydroxylation is 1. The Labute approximate surface area is 158 Å². The van der Waals surface area contributed by atoms with Crippen molar-refractivity contribution in [2.45, 2.75) is 37.6 Å². The Morgan fingerprint density at radius 1 is 1.22 bits per heavy atom. The van der Waals surface area contributed by atoms with E-state index in [1.54, 1.807) is 7.11 Å². The summed E-state index contributed by atoms with van der Waals surface area (Å²) in [6.07, 6.45) is 2.29. The van der Waals surface area contributed by atoms with E-state index in [2.05, 4.69) is 0 Å². The SMILES string of the molecule is COc1ccc2c(c1)CC[C@@H]2CC(=O)N1C(=O)OC[C@H]1Cc1ccccc1. The number of amides is 2. The van der Waals surface area contributed by atoms with E-state index in [1.165, 1.54) is 16.0 Å². The smallest absolute Gasteiger partial charge is 0.416 e. The maximum absolute atomic E-state index is 12.9. The molecule has 0 aromatic heterocycles. The monoisotopic (exact) mass is 365 g/mol. The molecule has 2 aromatic rings. The number of carbonyl (C=O) groups excluding carboxylic acids is 2. The summed E-state index contributed by atoms with van der Waals surface area (Å²) in [5, 5.41) is 0. The van der Waals surface area contributed by atoms with Gasteiger partial charge in [0.2, 0.25) is 5.91 Å². The van der Waals surface area contributed by atoms with Gasteiger partial charge in [0.1, 0.15) is 12.4 Å². The molecule has 2 amide bonds. The van der Waals surface area contributed by atoms with Crippen LogP contribution in [0.5, 0.6) is 5.75 Å². The van der Waals surface area contributed by atoms with Crippen LogP contribution in [0.2, 0.25) is 0 Å². The molecule has 1 heterocycles. The minimum Gasteiger partial charge on any atom is -0.497 e. The fourth-order valence-corrected chi connectivity index (χ4v) is 4.13. The molecule has 2 aliphatic rings. The van der Waals surface area contributed by atoms with Crippen LogP contribution < -0.4 is 4.74 Å². The van der Waals surface area contributed by atoms with Gasteiger partial charge >= 0.3 is 6.09 Å². The molecule has 1 saturated heterocycles. The van der Waals surface area contributed by atoms with Gasteiger partial charge in [-0.3, -0.25) is 4.79 Å². The molecule has 1 fully saturated rings. The lowest BCUT2D eigenvalue weighted by Gasteiger charge is -2.21. The Balaban J connectivity index is 1.47. The van der Waals surface area contributed by atoms with Gasteiger partial charge in [-0.2, -0.15) is 0 Å². The predicted octanol–water partition coefficient (Wildman–Crippen LogP) is 3.71. The summed E-state index contributed by atoms with van der Waals surface area (Å²) in [7, 11) is 1.66. The molecule has 1 aliphatic heterocycles. The zero-order chi connectivity index (χ0) is 18.8. The van der Waals surface area contributed by atoms with E-state index in [4.69, 9.17) is 9.47 Å². The van der Waals surface area contributed by atoms with Gasteiger partial charge in [0.15, 0.2) is 0 Å². The molecule has 5 nitrogen and oxygen atoms in total. The molecule has 0 saturated carbocycles. The van der Waals surface area contributed by atoms with Crippen molar-refractivity contribution in [3.8, 4) is 5.75 Å². The maximum Gasteiger partial charge on any atom is 0.416 e. The molecule has 0 unspecified atom stereocenters. The Morgan fingerprint density at radius 3 is 2.81 bits per heavy atom. The molecular weight excluding hydrogens is 342 g/mol. The summed E-state index contributed by atoms with van der Waals surface area (Å²) in [6, 6.07) is 15.7. The lowest BCUT2D eigenvalue weighted by Crippen LogP contribution is -2.40. The molecule has 0 bridgehead atoms. The fourth-order valence-electron chi connectivity index (χ4n) is 4.13. The van der Waals surface area contributed by atoms with Crippen molar-refractivity contribution >= 4 is 12.0 Å². The third kappa shape index (κ3) is 3.54. The van der Waals surface area contributed by atoms with Crippen LogP contribution in [0.4, 0.5) is 4.79 Å². The number of hydrogen-bond donors (Lipinski definition) is 0. The van der Waals surface area contributed by atoms with Crippen LogP contribution in [0, 0.1) is 0 Å². The van der Waals surface area contributed by atoms with Crippen LogP contribution in [0.3, 0.4) is 0 Å². The van der Waals surface area contributed by atoms with Crippen molar-refractivity contribution in [2.24, 2.45) is 0 Å². The number of hydrogen-bond acceptors (Lipinski definition) is 4. The largest absolute Gasteiger partial charge is 0.497 e. The summed E-state index contributed by atoms with van der Waals surface area (Å²) in [5.74, 6) is 0.836. The molecule has 140 valence electrons. The third-order valence-corrected chi connectivity index (χ3v) is 5.52. The first kappa shape index (κ1) is 17.6. The molecule has 0 radical (unpaired) electrons. The van der Waals surface area contributed by atoms with E-state index in [9.17, 15) is 9.59 Å². The predicted molar refractivity (Wildman–Crippen MR) is 101 cm³/mol. The van der Waals surface area contributed by atoms with E-state index in [0.29, 0.717) is 12.8 Å². The molecule has 1 aliphatic carbocycles. The van der Waals surface area contributed by atoms with E-state index in [1.807, 2.05) is 48.5 Å². The van der Waals surface area contributed by atoms with Gasteiger partial charge in [0, 0.05) is 6.42 Å². The molecule has 0 N–H and O–H groups in total. The first-order chi connectivity index (χ1) is 13.2. The molecule has 27 heavy (non-hydrogen) atoms. The van der Waals surface area contributed by atoms with E-state index in [-0.39, 0.29) is 24.5 Å². The van der Waals surface area contributed by atoms with Gasteiger partial charge in [-0.15, -0.1) is 0 Å². The maximum atomic E-state index is 12.9. The van der Waals surface area contributed by atoms with Crippen molar-refractivity contribution in [2.75, 3.05) is 13.7 Å². The van der Waals surface area contributed by atoms with Crippen molar-refractivity contribution in [3.05, 3.63) is 65.2 Å². The highest BCUT2D eigenvalue weighted by Crippen LogP contribution is 2.38. The van der Waals surface area contributed by atoms with Gasteiger partial charge in [0.25, 0.3) is 0 Å². The average molecular weight is 365 g/mol. The number of benzene rings is 2. The van der Waals surface area contributed by atoms with Crippen LogP contribution in [-0.2, 0) is 22.4 Å². The zero-order valence-corrected chi connectivity index (χ0v) is 15.4. The topological polar surface area (TPSA) is 55.8 Å². The van der Waals surface area contributed by atoms with Crippen molar-refractivity contribution in [1.82, 2.24) is 4.90 Å². The first-order valence-electron chi connectivity index (χ1n) is 9.35. The normalized spacial score (nSPS) is 21.1. The zero-order valence-electron chi connectivity index (χ0n) is 15.4. The third-order valence-electron chi connectivity index (χ3n) is 5.52. The minimum atomic E-state index is -0.520. The standard InChI is InChI=1S/C22H23NO4/c1-26-19-9-10-20-16(12-19)7-8-17(20)13-21(24)23-18(14-27-22(23)25)11-15-5-3-2-4-6-15/h2-6,9-10,12,17-18H,7-8,11,13-14H2,1H3/t17-,18-/m1/s1. The molecule has 0 spiro atoms. The van der Waals surface area contributed by atoms with E-state index in [0.717, 1.165) is 24.2 Å². The molecule has 4 rings (SSSR count). The van der Waals surface area contributed by atoms with Crippen LogP contribution >= 0.6 is 0 Å². The Morgan fingerprint density at radius 2 is 2.04 bits per heavy atom. The summed E-state index contributed by atoms with van der Waals surface area (Å²) < 4.78 is 10.5. The number of imide groups is 1.